The Morgan fingerprint density at radius 2 is 2.07 bits per heavy atom. The third-order valence-corrected chi connectivity index (χ3v) is 1.67. The molecule has 0 saturated heterocycles. The first kappa shape index (κ1) is 11.4. The molecule has 0 bridgehead atoms. The second-order valence-corrected chi connectivity index (χ2v) is 2.85. The van der Waals surface area contributed by atoms with Crippen LogP contribution in [0.3, 0.4) is 0 Å². The van der Waals surface area contributed by atoms with Gasteiger partial charge < -0.3 is 10.5 Å². The van der Waals surface area contributed by atoms with Crippen LogP contribution in [0.15, 0.2) is 30.9 Å². The molecule has 1 aromatic carbocycles. The molecule has 0 aliphatic heterocycles. The Morgan fingerprint density at radius 3 is 2.60 bits per heavy atom. The Morgan fingerprint density at radius 1 is 1.40 bits per heavy atom. The highest BCUT2D eigenvalue weighted by Gasteiger charge is 2.34. The summed E-state index contributed by atoms with van der Waals surface area (Å²) >= 11 is 0. The number of alkyl halides is 3. The standard InChI is InChI=1S/C10H10F3NO/c1-2-5-15-9-4-3-7(14)6-8(9)10(11,12)13/h2-4,6H,1,5,14H2. The normalized spacial score (nSPS) is 11.1. The lowest BCUT2D eigenvalue weighted by molar-refractivity contribution is -0.138. The fraction of sp³-hybridized carbons (Fsp3) is 0.200. The van der Waals surface area contributed by atoms with E-state index >= 15 is 0 Å². The lowest BCUT2D eigenvalue weighted by Crippen LogP contribution is -2.09. The van der Waals surface area contributed by atoms with Crippen LogP contribution in [0.2, 0.25) is 0 Å². The lowest BCUT2D eigenvalue weighted by Gasteiger charge is -2.13. The number of benzene rings is 1. The molecule has 1 aromatic rings. The molecule has 0 saturated carbocycles. The number of nitrogens with two attached hydrogens (primary N) is 1. The molecule has 0 heterocycles. The zero-order valence-electron chi connectivity index (χ0n) is 7.84. The molecule has 0 unspecified atom stereocenters. The van der Waals surface area contributed by atoms with Gasteiger partial charge in [0, 0.05) is 5.69 Å². The highest BCUT2D eigenvalue weighted by atomic mass is 19.4. The van der Waals surface area contributed by atoms with Crippen molar-refractivity contribution in [2.24, 2.45) is 0 Å². The molecular weight excluding hydrogens is 207 g/mol. The van der Waals surface area contributed by atoms with Gasteiger partial charge in [-0.15, -0.1) is 0 Å². The molecule has 0 fully saturated rings. The van der Waals surface area contributed by atoms with Gasteiger partial charge >= 0.3 is 6.18 Å². The topological polar surface area (TPSA) is 35.2 Å². The SMILES string of the molecule is C=CCOc1ccc(N)cc1C(F)(F)F. The van der Waals surface area contributed by atoms with Gasteiger partial charge in [0.15, 0.2) is 0 Å². The Kier molecular flexibility index (Phi) is 3.24. The zero-order chi connectivity index (χ0) is 11.5. The zero-order valence-corrected chi connectivity index (χ0v) is 7.84. The molecule has 0 aliphatic carbocycles. The van der Waals surface area contributed by atoms with Gasteiger partial charge in [-0.05, 0) is 18.2 Å². The number of anilines is 1. The lowest BCUT2D eigenvalue weighted by atomic mass is 10.1. The van der Waals surface area contributed by atoms with Crippen LogP contribution >= 0.6 is 0 Å². The fourth-order valence-corrected chi connectivity index (χ4v) is 1.04. The van der Waals surface area contributed by atoms with Gasteiger partial charge in [-0.3, -0.25) is 0 Å². The van der Waals surface area contributed by atoms with Crippen molar-refractivity contribution < 1.29 is 17.9 Å². The molecular formula is C10H10F3NO. The average molecular weight is 217 g/mol. The van der Waals surface area contributed by atoms with Crippen molar-refractivity contribution >= 4 is 5.69 Å². The van der Waals surface area contributed by atoms with E-state index in [1.165, 1.54) is 18.2 Å². The van der Waals surface area contributed by atoms with Gasteiger partial charge in [0.2, 0.25) is 0 Å². The average Bonchev–Trinajstić information content (AvgIpc) is 2.14. The Bertz CT molecular complexity index is 360. The Labute approximate surface area is 85.2 Å². The van der Waals surface area contributed by atoms with Gasteiger partial charge in [-0.1, -0.05) is 12.7 Å². The van der Waals surface area contributed by atoms with Crippen LogP contribution < -0.4 is 10.5 Å². The van der Waals surface area contributed by atoms with E-state index in [2.05, 4.69) is 6.58 Å². The van der Waals surface area contributed by atoms with Crippen molar-refractivity contribution in [2.75, 3.05) is 12.3 Å². The maximum absolute atomic E-state index is 12.5. The van der Waals surface area contributed by atoms with Crippen LogP contribution in [-0.2, 0) is 6.18 Å². The molecule has 15 heavy (non-hydrogen) atoms. The van der Waals surface area contributed by atoms with Crippen molar-refractivity contribution in [1.82, 2.24) is 0 Å². The van der Waals surface area contributed by atoms with Crippen molar-refractivity contribution in [1.29, 1.82) is 0 Å². The van der Waals surface area contributed by atoms with E-state index in [0.29, 0.717) is 0 Å². The molecule has 5 heteroatoms. The highest BCUT2D eigenvalue weighted by molar-refractivity contribution is 5.49. The summed E-state index contributed by atoms with van der Waals surface area (Å²) < 4.78 is 42.4. The number of ether oxygens (including phenoxy) is 1. The van der Waals surface area contributed by atoms with Crippen molar-refractivity contribution in [3.05, 3.63) is 36.4 Å². The fourth-order valence-electron chi connectivity index (χ4n) is 1.04. The number of rotatable bonds is 3. The minimum atomic E-state index is -4.47. The Hall–Kier alpha value is -1.65. The quantitative estimate of drug-likeness (QED) is 0.624. The van der Waals surface area contributed by atoms with Gasteiger partial charge in [-0.2, -0.15) is 13.2 Å². The van der Waals surface area contributed by atoms with E-state index in [0.717, 1.165) is 6.07 Å². The van der Waals surface area contributed by atoms with Crippen LogP contribution in [0.1, 0.15) is 5.56 Å². The molecule has 0 amide bonds. The monoisotopic (exact) mass is 217 g/mol. The summed E-state index contributed by atoms with van der Waals surface area (Å²) in [6.45, 7) is 3.38. The van der Waals surface area contributed by atoms with Crippen LogP contribution in [0, 0.1) is 0 Å². The first-order valence-corrected chi connectivity index (χ1v) is 4.15. The van der Waals surface area contributed by atoms with E-state index in [1.807, 2.05) is 0 Å². The van der Waals surface area contributed by atoms with Gasteiger partial charge in [0.25, 0.3) is 0 Å². The van der Waals surface area contributed by atoms with Gasteiger partial charge in [0.1, 0.15) is 12.4 Å². The summed E-state index contributed by atoms with van der Waals surface area (Å²) in [6.07, 6.45) is -3.09. The highest BCUT2D eigenvalue weighted by Crippen LogP contribution is 2.37. The van der Waals surface area contributed by atoms with Crippen LogP contribution in [-0.4, -0.2) is 6.61 Å². The molecule has 82 valence electrons. The van der Waals surface area contributed by atoms with Gasteiger partial charge in [-0.25, -0.2) is 0 Å². The molecule has 1 rings (SSSR count). The summed E-state index contributed by atoms with van der Waals surface area (Å²) in [5, 5.41) is 0. The van der Waals surface area contributed by atoms with E-state index in [4.69, 9.17) is 10.5 Å². The smallest absolute Gasteiger partial charge is 0.420 e. The molecule has 0 aromatic heterocycles. The first-order valence-electron chi connectivity index (χ1n) is 4.15. The summed E-state index contributed by atoms with van der Waals surface area (Å²) in [5.41, 5.74) is 4.46. The minimum Gasteiger partial charge on any atom is -0.489 e. The molecule has 2 nitrogen and oxygen atoms in total. The minimum absolute atomic E-state index is 0.0208. The predicted molar refractivity (Wildman–Crippen MR) is 51.5 cm³/mol. The second kappa shape index (κ2) is 4.25. The summed E-state index contributed by atoms with van der Waals surface area (Å²) in [4.78, 5) is 0. The van der Waals surface area contributed by atoms with Crippen LogP contribution in [0.5, 0.6) is 5.75 Å². The van der Waals surface area contributed by atoms with Gasteiger partial charge in [0.05, 0.1) is 5.56 Å². The number of hydrogen-bond acceptors (Lipinski definition) is 2. The molecule has 2 N–H and O–H groups in total. The molecule has 0 radical (unpaired) electrons. The van der Waals surface area contributed by atoms with E-state index in [1.54, 1.807) is 0 Å². The third kappa shape index (κ3) is 2.90. The Balaban J connectivity index is 3.09. The summed E-state index contributed by atoms with van der Waals surface area (Å²) in [5.74, 6) is -0.239. The maximum atomic E-state index is 12.5. The van der Waals surface area contributed by atoms with E-state index < -0.39 is 11.7 Å². The second-order valence-electron chi connectivity index (χ2n) is 2.85. The number of nitrogen functional groups attached to an aromatic ring is 1. The van der Waals surface area contributed by atoms with Crippen LogP contribution in [0.25, 0.3) is 0 Å². The van der Waals surface area contributed by atoms with E-state index in [-0.39, 0.29) is 18.0 Å². The molecule has 0 aliphatic rings. The first-order chi connectivity index (χ1) is 6.95. The van der Waals surface area contributed by atoms with Crippen molar-refractivity contribution in [3.63, 3.8) is 0 Å². The summed E-state index contributed by atoms with van der Waals surface area (Å²) in [7, 11) is 0. The van der Waals surface area contributed by atoms with E-state index in [9.17, 15) is 13.2 Å². The number of halogens is 3. The summed E-state index contributed by atoms with van der Waals surface area (Å²) in [6, 6.07) is 3.40. The maximum Gasteiger partial charge on any atom is 0.420 e. The molecule has 0 spiro atoms. The molecule has 0 atom stereocenters. The predicted octanol–water partition coefficient (Wildman–Crippen LogP) is 2.85. The largest absolute Gasteiger partial charge is 0.489 e. The van der Waals surface area contributed by atoms with Crippen molar-refractivity contribution in [3.8, 4) is 5.75 Å². The third-order valence-electron chi connectivity index (χ3n) is 1.67. The van der Waals surface area contributed by atoms with Crippen LogP contribution in [0.4, 0.5) is 18.9 Å². The number of hydrogen-bond donors (Lipinski definition) is 1. The van der Waals surface area contributed by atoms with Crippen molar-refractivity contribution in [2.45, 2.75) is 6.18 Å².